The summed E-state index contributed by atoms with van der Waals surface area (Å²) < 4.78 is 6.52. The van der Waals surface area contributed by atoms with Gasteiger partial charge in [0.05, 0.1) is 6.61 Å². The summed E-state index contributed by atoms with van der Waals surface area (Å²) in [6, 6.07) is 7.70. The quantitative estimate of drug-likeness (QED) is 0.893. The summed E-state index contributed by atoms with van der Waals surface area (Å²) in [4.78, 5) is 0. The minimum atomic E-state index is 0.451. The van der Waals surface area contributed by atoms with Crippen LogP contribution in [0.1, 0.15) is 31.4 Å². The normalized spacial score (nSPS) is 20.4. The summed E-state index contributed by atoms with van der Waals surface area (Å²) in [5, 5.41) is 3.78. The molecule has 2 unspecified atom stereocenters. The molecule has 0 aliphatic heterocycles. The average molecular weight is 326 g/mol. The number of hydrogen-bond donors (Lipinski definition) is 1. The van der Waals surface area contributed by atoms with Crippen LogP contribution in [0.3, 0.4) is 0 Å². The summed E-state index contributed by atoms with van der Waals surface area (Å²) in [5.41, 5.74) is 2.99. The molecule has 1 N–H and O–H groups in total. The first-order chi connectivity index (χ1) is 9.10. The van der Waals surface area contributed by atoms with Crippen molar-refractivity contribution in [2.45, 2.75) is 45.2 Å². The van der Waals surface area contributed by atoms with Gasteiger partial charge in [0.15, 0.2) is 0 Å². The van der Waals surface area contributed by atoms with E-state index in [0.717, 1.165) is 13.0 Å². The van der Waals surface area contributed by atoms with Crippen molar-refractivity contribution in [2.75, 3.05) is 13.7 Å². The van der Waals surface area contributed by atoms with E-state index >= 15 is 0 Å². The van der Waals surface area contributed by atoms with E-state index in [-0.39, 0.29) is 0 Å². The molecule has 3 heteroatoms. The Hall–Kier alpha value is -0.380. The van der Waals surface area contributed by atoms with Crippen molar-refractivity contribution in [2.24, 2.45) is 5.92 Å². The number of ether oxygens (including phenoxy) is 1. The predicted octanol–water partition coefficient (Wildman–Crippen LogP) is 3.57. The van der Waals surface area contributed by atoms with Gasteiger partial charge in [-0.1, -0.05) is 35.8 Å². The molecule has 0 saturated heterocycles. The standard InChI is InChI=1S/C16H24BrNO/c1-11(2)16(10-19-3)18-15-7-5-12-8-14(17)6-4-13(12)9-15/h4,6,8,11,15-16,18H,5,7,9-10H2,1-3H3. The third kappa shape index (κ3) is 4.04. The first kappa shape index (κ1) is 15.0. The lowest BCUT2D eigenvalue weighted by Gasteiger charge is -2.31. The van der Waals surface area contributed by atoms with Crippen LogP contribution in [0.15, 0.2) is 22.7 Å². The molecule has 2 nitrogen and oxygen atoms in total. The van der Waals surface area contributed by atoms with Crippen molar-refractivity contribution in [3.63, 3.8) is 0 Å². The van der Waals surface area contributed by atoms with E-state index in [1.54, 1.807) is 7.11 Å². The molecule has 0 fully saturated rings. The molecular weight excluding hydrogens is 302 g/mol. The van der Waals surface area contributed by atoms with Gasteiger partial charge < -0.3 is 10.1 Å². The Morgan fingerprint density at radius 1 is 1.37 bits per heavy atom. The third-order valence-corrected chi connectivity index (χ3v) is 4.49. The molecule has 1 aliphatic carbocycles. The zero-order valence-corrected chi connectivity index (χ0v) is 13.7. The lowest BCUT2D eigenvalue weighted by atomic mass is 9.87. The van der Waals surface area contributed by atoms with Gasteiger partial charge in [-0.3, -0.25) is 0 Å². The van der Waals surface area contributed by atoms with Gasteiger partial charge >= 0.3 is 0 Å². The minimum absolute atomic E-state index is 0.451. The molecule has 0 saturated carbocycles. The van der Waals surface area contributed by atoms with E-state index < -0.39 is 0 Å². The topological polar surface area (TPSA) is 21.3 Å². The SMILES string of the molecule is COCC(NC1CCc2cc(Br)ccc2C1)C(C)C. The highest BCUT2D eigenvalue weighted by molar-refractivity contribution is 9.10. The second-order valence-corrected chi connectivity index (χ2v) is 6.74. The summed E-state index contributed by atoms with van der Waals surface area (Å²) in [6.45, 7) is 5.30. The Morgan fingerprint density at radius 2 is 2.16 bits per heavy atom. The van der Waals surface area contributed by atoms with Crippen LogP contribution in [0.5, 0.6) is 0 Å². The Labute approximate surface area is 125 Å². The molecule has 19 heavy (non-hydrogen) atoms. The molecule has 0 spiro atoms. The van der Waals surface area contributed by atoms with Crippen molar-refractivity contribution in [3.8, 4) is 0 Å². The van der Waals surface area contributed by atoms with Gasteiger partial charge in [-0.15, -0.1) is 0 Å². The molecule has 0 amide bonds. The van der Waals surface area contributed by atoms with Gasteiger partial charge in [-0.2, -0.15) is 0 Å². The van der Waals surface area contributed by atoms with E-state index in [9.17, 15) is 0 Å². The fourth-order valence-corrected chi connectivity index (χ4v) is 3.19. The number of halogens is 1. The monoisotopic (exact) mass is 325 g/mol. The summed E-state index contributed by atoms with van der Waals surface area (Å²) >= 11 is 3.55. The zero-order valence-electron chi connectivity index (χ0n) is 12.1. The van der Waals surface area contributed by atoms with Crippen molar-refractivity contribution < 1.29 is 4.74 Å². The molecule has 0 bridgehead atoms. The molecular formula is C16H24BrNO. The Morgan fingerprint density at radius 3 is 2.84 bits per heavy atom. The van der Waals surface area contributed by atoms with Gasteiger partial charge in [-0.25, -0.2) is 0 Å². The number of aryl methyl sites for hydroxylation is 1. The highest BCUT2D eigenvalue weighted by Crippen LogP contribution is 2.25. The van der Waals surface area contributed by atoms with Gasteiger partial charge in [0.1, 0.15) is 0 Å². The lowest BCUT2D eigenvalue weighted by molar-refractivity contribution is 0.138. The maximum absolute atomic E-state index is 5.32. The maximum Gasteiger partial charge on any atom is 0.0618 e. The zero-order chi connectivity index (χ0) is 13.8. The second-order valence-electron chi connectivity index (χ2n) is 5.83. The molecule has 0 heterocycles. The van der Waals surface area contributed by atoms with Gasteiger partial charge in [0, 0.05) is 23.7 Å². The number of fused-ring (bicyclic) bond motifs is 1. The van der Waals surface area contributed by atoms with E-state index in [1.807, 2.05) is 0 Å². The van der Waals surface area contributed by atoms with E-state index in [1.165, 1.54) is 28.4 Å². The Bertz CT molecular complexity index is 419. The molecule has 106 valence electrons. The minimum Gasteiger partial charge on any atom is -0.383 e. The lowest BCUT2D eigenvalue weighted by Crippen LogP contribution is -2.46. The number of nitrogens with one attached hydrogen (secondary N) is 1. The fourth-order valence-electron chi connectivity index (χ4n) is 2.78. The van der Waals surface area contributed by atoms with Crippen LogP contribution in [-0.4, -0.2) is 25.8 Å². The van der Waals surface area contributed by atoms with Gasteiger partial charge in [0.2, 0.25) is 0 Å². The molecule has 2 rings (SSSR count). The number of benzene rings is 1. The van der Waals surface area contributed by atoms with Gasteiger partial charge in [0.25, 0.3) is 0 Å². The van der Waals surface area contributed by atoms with Crippen LogP contribution in [0, 0.1) is 5.92 Å². The first-order valence-corrected chi connectivity index (χ1v) is 7.91. The van der Waals surface area contributed by atoms with Crippen LogP contribution in [-0.2, 0) is 17.6 Å². The molecule has 1 aliphatic rings. The Kier molecular flexibility index (Phi) is 5.43. The van der Waals surface area contributed by atoms with Crippen molar-refractivity contribution >= 4 is 15.9 Å². The summed E-state index contributed by atoms with van der Waals surface area (Å²) in [5.74, 6) is 0.603. The van der Waals surface area contributed by atoms with Crippen molar-refractivity contribution in [3.05, 3.63) is 33.8 Å². The Balaban J connectivity index is 1.99. The number of hydrogen-bond acceptors (Lipinski definition) is 2. The van der Waals surface area contributed by atoms with Crippen LogP contribution >= 0.6 is 15.9 Å². The van der Waals surface area contributed by atoms with Gasteiger partial charge in [-0.05, 0) is 48.4 Å². The largest absolute Gasteiger partial charge is 0.383 e. The highest BCUT2D eigenvalue weighted by atomic mass is 79.9. The van der Waals surface area contributed by atoms with Crippen LogP contribution in [0.2, 0.25) is 0 Å². The summed E-state index contributed by atoms with van der Waals surface area (Å²) in [6.07, 6.45) is 3.52. The first-order valence-electron chi connectivity index (χ1n) is 7.12. The van der Waals surface area contributed by atoms with Crippen LogP contribution in [0.25, 0.3) is 0 Å². The van der Waals surface area contributed by atoms with E-state index in [0.29, 0.717) is 18.0 Å². The third-order valence-electron chi connectivity index (χ3n) is 4.00. The number of rotatable bonds is 5. The molecule has 1 aromatic carbocycles. The number of methoxy groups -OCH3 is 1. The molecule has 2 atom stereocenters. The summed E-state index contributed by atoms with van der Waals surface area (Å²) in [7, 11) is 1.78. The van der Waals surface area contributed by atoms with E-state index in [2.05, 4.69) is 53.3 Å². The van der Waals surface area contributed by atoms with Crippen molar-refractivity contribution in [1.82, 2.24) is 5.32 Å². The molecule has 0 radical (unpaired) electrons. The van der Waals surface area contributed by atoms with Crippen LogP contribution < -0.4 is 5.32 Å². The second kappa shape index (κ2) is 6.87. The highest BCUT2D eigenvalue weighted by Gasteiger charge is 2.22. The van der Waals surface area contributed by atoms with Crippen molar-refractivity contribution in [1.29, 1.82) is 0 Å². The average Bonchev–Trinajstić information content (AvgIpc) is 2.38. The molecule has 1 aromatic rings. The van der Waals surface area contributed by atoms with E-state index in [4.69, 9.17) is 4.74 Å². The van der Waals surface area contributed by atoms with Crippen LogP contribution in [0.4, 0.5) is 0 Å². The predicted molar refractivity (Wildman–Crippen MR) is 83.6 cm³/mol. The maximum atomic E-state index is 5.32. The fraction of sp³-hybridized carbons (Fsp3) is 0.625. The molecule has 0 aromatic heterocycles. The smallest absolute Gasteiger partial charge is 0.0618 e.